The fourth-order valence-corrected chi connectivity index (χ4v) is 3.16. The van der Waals surface area contributed by atoms with Crippen molar-refractivity contribution in [3.8, 4) is 0 Å². The van der Waals surface area contributed by atoms with Gasteiger partial charge in [-0.1, -0.05) is 66.1 Å². The Morgan fingerprint density at radius 3 is 1.22 bits per heavy atom. The third kappa shape index (κ3) is 11.2. The van der Waals surface area contributed by atoms with Gasteiger partial charge in [0.25, 0.3) is 0 Å². The van der Waals surface area contributed by atoms with Gasteiger partial charge in [0.05, 0.1) is 14.0 Å². The van der Waals surface area contributed by atoms with Gasteiger partial charge in [-0.25, -0.2) is 0 Å². The number of hydrogen-bond donors (Lipinski definition) is 0. The zero-order chi connectivity index (χ0) is 17.3. The molecule has 3 heteroatoms. The summed E-state index contributed by atoms with van der Waals surface area (Å²) in [6, 6.07) is 0. The standard InChI is InChI=1S/C20H43BN2/c1-5-9-16-22(17-10-6-2)20(14-13-15-21)23(18-11-7-3)19-12-8-4/h20H,5-19H2,1-4H3. The van der Waals surface area contributed by atoms with E-state index in [0.717, 1.165) is 12.7 Å². The Kier molecular flexibility index (Phi) is 16.8. The van der Waals surface area contributed by atoms with Gasteiger partial charge in [-0.15, -0.1) is 0 Å². The van der Waals surface area contributed by atoms with Crippen molar-refractivity contribution in [3.05, 3.63) is 0 Å². The summed E-state index contributed by atoms with van der Waals surface area (Å²) < 4.78 is 0. The quantitative estimate of drug-likeness (QED) is 0.258. The fourth-order valence-electron chi connectivity index (χ4n) is 3.16. The van der Waals surface area contributed by atoms with Gasteiger partial charge in [-0.2, -0.15) is 0 Å². The summed E-state index contributed by atoms with van der Waals surface area (Å²) >= 11 is 0. The largest absolute Gasteiger partial charge is 0.288 e. The Morgan fingerprint density at radius 2 is 0.957 bits per heavy atom. The lowest BCUT2D eigenvalue weighted by Crippen LogP contribution is -2.50. The first kappa shape index (κ1) is 23.0. The van der Waals surface area contributed by atoms with Crippen LogP contribution in [0, 0.1) is 0 Å². The second kappa shape index (κ2) is 16.8. The molecule has 0 aromatic rings. The Morgan fingerprint density at radius 1 is 0.609 bits per heavy atom. The molecule has 2 nitrogen and oxygen atoms in total. The van der Waals surface area contributed by atoms with Crippen LogP contribution in [0.3, 0.4) is 0 Å². The van der Waals surface area contributed by atoms with E-state index in [1.807, 2.05) is 0 Å². The molecular formula is C20H43BN2. The molecule has 0 amide bonds. The molecule has 0 fully saturated rings. The minimum Gasteiger partial charge on any atom is -0.288 e. The summed E-state index contributed by atoms with van der Waals surface area (Å²) in [5.74, 6) is 0. The average molecular weight is 322 g/mol. The van der Waals surface area contributed by atoms with Gasteiger partial charge in [-0.3, -0.25) is 9.80 Å². The van der Waals surface area contributed by atoms with Gasteiger partial charge in [0.1, 0.15) is 0 Å². The predicted octanol–water partition coefficient (Wildman–Crippen LogP) is 5.48. The van der Waals surface area contributed by atoms with Gasteiger partial charge >= 0.3 is 0 Å². The zero-order valence-electron chi connectivity index (χ0n) is 16.7. The Hall–Kier alpha value is -0.0151. The maximum atomic E-state index is 5.84. The van der Waals surface area contributed by atoms with Crippen LogP contribution in [0.5, 0.6) is 0 Å². The van der Waals surface area contributed by atoms with E-state index in [2.05, 4.69) is 37.5 Å². The summed E-state index contributed by atoms with van der Waals surface area (Å²) in [4.78, 5) is 5.54. The van der Waals surface area contributed by atoms with Crippen molar-refractivity contribution in [2.75, 3.05) is 26.2 Å². The molecule has 0 rings (SSSR count). The number of rotatable bonds is 17. The molecule has 136 valence electrons. The number of nitrogens with zero attached hydrogens (tertiary/aromatic N) is 2. The lowest BCUT2D eigenvalue weighted by Gasteiger charge is -2.40. The first-order chi connectivity index (χ1) is 11.2. The molecule has 0 aromatic heterocycles. The summed E-state index contributed by atoms with van der Waals surface area (Å²) in [7, 11) is 5.84. The molecule has 2 radical (unpaired) electrons. The maximum Gasteiger partial charge on any atom is 0.0653 e. The third-order valence-corrected chi connectivity index (χ3v) is 4.70. The summed E-state index contributed by atoms with van der Waals surface area (Å²) in [6.45, 7) is 14.2. The molecule has 23 heavy (non-hydrogen) atoms. The SMILES string of the molecule is [B]CCCC(N(CCCC)CCCC)N(CCCC)CCCC. The van der Waals surface area contributed by atoms with Crippen LogP contribution >= 0.6 is 0 Å². The minimum absolute atomic E-state index is 0.606. The second-order valence-electron chi connectivity index (χ2n) is 6.90. The molecule has 0 aliphatic heterocycles. The van der Waals surface area contributed by atoms with Crippen LogP contribution in [-0.4, -0.2) is 50.0 Å². The Balaban J connectivity index is 4.97. The van der Waals surface area contributed by atoms with Gasteiger partial charge < -0.3 is 0 Å². The van der Waals surface area contributed by atoms with Crippen molar-refractivity contribution in [2.45, 2.75) is 104 Å². The van der Waals surface area contributed by atoms with E-state index < -0.39 is 0 Å². The molecule has 0 atom stereocenters. The highest BCUT2D eigenvalue weighted by atomic mass is 15.3. The molecule has 0 bridgehead atoms. The highest BCUT2D eigenvalue weighted by Gasteiger charge is 2.23. The van der Waals surface area contributed by atoms with Crippen LogP contribution in [0.2, 0.25) is 6.32 Å². The van der Waals surface area contributed by atoms with E-state index in [1.54, 1.807) is 0 Å². The highest BCUT2D eigenvalue weighted by molar-refractivity contribution is 6.08. The van der Waals surface area contributed by atoms with Crippen molar-refractivity contribution in [1.29, 1.82) is 0 Å². The topological polar surface area (TPSA) is 6.48 Å². The smallest absolute Gasteiger partial charge is 0.0653 e. The van der Waals surface area contributed by atoms with Crippen LogP contribution in [-0.2, 0) is 0 Å². The minimum atomic E-state index is 0.606. The van der Waals surface area contributed by atoms with Crippen LogP contribution in [0.15, 0.2) is 0 Å². The molecular weight excluding hydrogens is 279 g/mol. The van der Waals surface area contributed by atoms with Gasteiger partial charge in [-0.05, 0) is 58.3 Å². The molecule has 0 unspecified atom stereocenters. The van der Waals surface area contributed by atoms with Crippen LogP contribution in [0.25, 0.3) is 0 Å². The number of hydrogen-bond acceptors (Lipinski definition) is 2. The average Bonchev–Trinajstić information content (AvgIpc) is 2.57. The van der Waals surface area contributed by atoms with Gasteiger partial charge in [0.15, 0.2) is 0 Å². The van der Waals surface area contributed by atoms with E-state index in [1.165, 1.54) is 84.0 Å². The van der Waals surface area contributed by atoms with E-state index in [-0.39, 0.29) is 0 Å². The predicted molar refractivity (Wildman–Crippen MR) is 106 cm³/mol. The van der Waals surface area contributed by atoms with Crippen molar-refractivity contribution in [1.82, 2.24) is 9.80 Å². The van der Waals surface area contributed by atoms with E-state index in [9.17, 15) is 0 Å². The first-order valence-corrected chi connectivity index (χ1v) is 10.4. The van der Waals surface area contributed by atoms with Gasteiger partial charge in [0.2, 0.25) is 0 Å². The van der Waals surface area contributed by atoms with Crippen LogP contribution in [0.4, 0.5) is 0 Å². The summed E-state index contributed by atoms with van der Waals surface area (Å²) in [5.41, 5.74) is 0. The molecule has 0 saturated heterocycles. The molecule has 0 aromatic carbocycles. The third-order valence-electron chi connectivity index (χ3n) is 4.70. The van der Waals surface area contributed by atoms with E-state index >= 15 is 0 Å². The van der Waals surface area contributed by atoms with Crippen molar-refractivity contribution in [3.63, 3.8) is 0 Å². The lowest BCUT2D eigenvalue weighted by atomic mass is 9.98. The van der Waals surface area contributed by atoms with Crippen molar-refractivity contribution < 1.29 is 0 Å². The Labute approximate surface area is 148 Å². The molecule has 0 saturated carbocycles. The lowest BCUT2D eigenvalue weighted by molar-refractivity contribution is 0.0306. The molecule has 0 N–H and O–H groups in total. The zero-order valence-corrected chi connectivity index (χ0v) is 16.7. The molecule has 0 spiro atoms. The van der Waals surface area contributed by atoms with Crippen LogP contribution < -0.4 is 0 Å². The van der Waals surface area contributed by atoms with E-state index in [0.29, 0.717) is 6.17 Å². The molecule has 0 aliphatic rings. The monoisotopic (exact) mass is 322 g/mol. The fraction of sp³-hybridized carbons (Fsp3) is 1.00. The van der Waals surface area contributed by atoms with Gasteiger partial charge in [0, 0.05) is 0 Å². The first-order valence-electron chi connectivity index (χ1n) is 10.4. The summed E-state index contributed by atoms with van der Waals surface area (Å²) in [5, 5.41) is 0. The Bertz CT molecular complexity index is 200. The van der Waals surface area contributed by atoms with Crippen molar-refractivity contribution >= 4 is 7.85 Å². The van der Waals surface area contributed by atoms with Crippen LogP contribution in [0.1, 0.15) is 91.9 Å². The number of unbranched alkanes of at least 4 members (excludes halogenated alkanes) is 4. The van der Waals surface area contributed by atoms with Crippen molar-refractivity contribution in [2.24, 2.45) is 0 Å². The highest BCUT2D eigenvalue weighted by Crippen LogP contribution is 2.18. The maximum absolute atomic E-state index is 5.84. The molecule has 0 heterocycles. The normalized spacial score (nSPS) is 12.0. The van der Waals surface area contributed by atoms with E-state index in [4.69, 9.17) is 7.85 Å². The second-order valence-corrected chi connectivity index (χ2v) is 6.90. The summed E-state index contributed by atoms with van der Waals surface area (Å²) in [6.07, 6.45) is 14.2. The molecule has 0 aliphatic carbocycles.